The van der Waals surface area contributed by atoms with E-state index in [0.717, 1.165) is 16.5 Å². The number of fused-ring (bicyclic) bond motifs is 1. The molecule has 8 heteroatoms. The van der Waals surface area contributed by atoms with E-state index < -0.39 is 12.1 Å². The van der Waals surface area contributed by atoms with E-state index in [1.807, 2.05) is 30.0 Å². The van der Waals surface area contributed by atoms with Crippen molar-refractivity contribution in [2.45, 2.75) is 13.0 Å². The molecule has 0 aliphatic carbocycles. The van der Waals surface area contributed by atoms with Gasteiger partial charge in [-0.15, -0.1) is 0 Å². The number of phenols is 1. The number of rotatable bonds is 3. The summed E-state index contributed by atoms with van der Waals surface area (Å²) < 4.78 is 0. The number of hydrogen-bond donors (Lipinski definition) is 3. The van der Waals surface area contributed by atoms with E-state index in [2.05, 4.69) is 4.98 Å². The Balaban J connectivity index is 1.87. The maximum absolute atomic E-state index is 11.4. The van der Waals surface area contributed by atoms with Crippen LogP contribution in [0, 0.1) is 6.92 Å². The normalized spacial score (nSPS) is 17.0. The molecule has 8 nitrogen and oxygen atoms in total. The predicted molar refractivity (Wildman–Crippen MR) is 109 cm³/mol. The Morgan fingerprint density at radius 3 is 2.69 bits per heavy atom. The molecule has 3 N–H and O–H groups in total. The molecule has 0 radical (unpaired) electrons. The molecule has 1 aliphatic heterocycles. The highest BCUT2D eigenvalue weighted by Gasteiger charge is 2.31. The Morgan fingerprint density at radius 1 is 1.17 bits per heavy atom. The van der Waals surface area contributed by atoms with E-state index in [9.17, 15) is 20.1 Å². The van der Waals surface area contributed by atoms with Crippen LogP contribution >= 0.6 is 0 Å². The highest BCUT2D eigenvalue weighted by atomic mass is 16.4. The molecule has 150 valence electrons. The van der Waals surface area contributed by atoms with E-state index in [4.69, 9.17) is 4.98 Å². The van der Waals surface area contributed by atoms with Gasteiger partial charge < -0.3 is 25.1 Å². The number of aromatic nitrogens is 2. The van der Waals surface area contributed by atoms with Crippen LogP contribution in [0.5, 0.6) is 5.75 Å². The molecule has 0 bridgehead atoms. The molecule has 1 saturated heterocycles. The second-order valence-corrected chi connectivity index (χ2v) is 7.17. The number of aliphatic hydroxyl groups is 1. The fraction of sp³-hybridized carbons (Fsp3) is 0.286. The third-order valence-electron chi connectivity index (χ3n) is 5.21. The number of amides is 1. The molecule has 1 atom stereocenters. The van der Waals surface area contributed by atoms with Crippen molar-refractivity contribution in [3.63, 3.8) is 0 Å². The molecule has 0 saturated carbocycles. The summed E-state index contributed by atoms with van der Waals surface area (Å²) in [6.07, 6.45) is -0.999. The zero-order chi connectivity index (χ0) is 20.5. The van der Waals surface area contributed by atoms with Gasteiger partial charge >= 0.3 is 6.09 Å². The van der Waals surface area contributed by atoms with Crippen molar-refractivity contribution < 1.29 is 20.1 Å². The number of anilines is 1. The SMILES string of the molecule is Cc1ccc2c(N3CCN(C(=O)O)C[C@H]3CO)nc(-c3ccccc3O)nc2c1. The van der Waals surface area contributed by atoms with Crippen LogP contribution < -0.4 is 4.90 Å². The lowest BCUT2D eigenvalue weighted by Gasteiger charge is -2.40. The molecule has 2 aromatic carbocycles. The summed E-state index contributed by atoms with van der Waals surface area (Å²) in [5, 5.41) is 30.3. The zero-order valence-electron chi connectivity index (χ0n) is 16.0. The van der Waals surface area contributed by atoms with Gasteiger partial charge in [-0.05, 0) is 36.8 Å². The molecule has 29 heavy (non-hydrogen) atoms. The van der Waals surface area contributed by atoms with Gasteiger partial charge in [0, 0.05) is 25.0 Å². The minimum atomic E-state index is -0.999. The lowest BCUT2D eigenvalue weighted by Crippen LogP contribution is -2.56. The quantitative estimate of drug-likeness (QED) is 0.626. The van der Waals surface area contributed by atoms with Gasteiger partial charge in [0.2, 0.25) is 0 Å². The fourth-order valence-electron chi connectivity index (χ4n) is 3.69. The maximum Gasteiger partial charge on any atom is 0.407 e. The molecule has 4 rings (SSSR count). The van der Waals surface area contributed by atoms with Gasteiger partial charge in [0.15, 0.2) is 5.82 Å². The maximum atomic E-state index is 11.4. The molecule has 1 fully saturated rings. The summed E-state index contributed by atoms with van der Waals surface area (Å²) in [7, 11) is 0. The lowest BCUT2D eigenvalue weighted by atomic mass is 10.1. The number of aryl methyl sites for hydroxylation is 1. The number of benzene rings is 2. The summed E-state index contributed by atoms with van der Waals surface area (Å²) in [5.74, 6) is 1.09. The van der Waals surface area contributed by atoms with Gasteiger partial charge in [0.05, 0.1) is 23.7 Å². The lowest BCUT2D eigenvalue weighted by molar-refractivity contribution is 0.124. The molecular formula is C21H22N4O4. The van der Waals surface area contributed by atoms with Crippen LogP contribution in [-0.2, 0) is 0 Å². The van der Waals surface area contributed by atoms with Crippen LogP contribution in [0.4, 0.5) is 10.6 Å². The van der Waals surface area contributed by atoms with Gasteiger partial charge in [-0.1, -0.05) is 18.2 Å². The summed E-state index contributed by atoms with van der Waals surface area (Å²) in [6.45, 7) is 2.68. The first kappa shape index (κ1) is 18.9. The number of phenolic OH excluding ortho intramolecular Hbond substituents is 1. The second kappa shape index (κ2) is 7.56. The van der Waals surface area contributed by atoms with Crippen LogP contribution in [0.2, 0.25) is 0 Å². The smallest absolute Gasteiger partial charge is 0.407 e. The van der Waals surface area contributed by atoms with Crippen molar-refractivity contribution in [3.05, 3.63) is 48.0 Å². The second-order valence-electron chi connectivity index (χ2n) is 7.17. The highest BCUT2D eigenvalue weighted by Crippen LogP contribution is 2.33. The Hall–Kier alpha value is -3.39. The molecule has 3 aromatic rings. The molecule has 2 heterocycles. The largest absolute Gasteiger partial charge is 0.507 e. The summed E-state index contributed by atoms with van der Waals surface area (Å²) in [4.78, 5) is 24.0. The van der Waals surface area contributed by atoms with E-state index >= 15 is 0 Å². The molecule has 0 unspecified atom stereocenters. The average Bonchev–Trinajstić information content (AvgIpc) is 2.72. The summed E-state index contributed by atoms with van der Waals surface area (Å²) in [6, 6.07) is 12.3. The number of aromatic hydroxyl groups is 1. The van der Waals surface area contributed by atoms with Crippen molar-refractivity contribution in [1.82, 2.24) is 14.9 Å². The highest BCUT2D eigenvalue weighted by molar-refractivity contribution is 5.92. The Kier molecular flexibility index (Phi) is 4.94. The van der Waals surface area contributed by atoms with Gasteiger partial charge in [-0.25, -0.2) is 14.8 Å². The molecular weight excluding hydrogens is 372 g/mol. The van der Waals surface area contributed by atoms with Crippen LogP contribution in [-0.4, -0.2) is 68.6 Å². The van der Waals surface area contributed by atoms with Crippen molar-refractivity contribution in [2.75, 3.05) is 31.1 Å². The molecule has 0 spiro atoms. The van der Waals surface area contributed by atoms with Gasteiger partial charge in [0.1, 0.15) is 11.6 Å². The fourth-order valence-corrected chi connectivity index (χ4v) is 3.69. The van der Waals surface area contributed by atoms with Crippen LogP contribution in [0.3, 0.4) is 0 Å². The number of nitrogens with zero attached hydrogens (tertiary/aromatic N) is 4. The van der Waals surface area contributed by atoms with E-state index in [-0.39, 0.29) is 18.9 Å². The van der Waals surface area contributed by atoms with Crippen molar-refractivity contribution >= 4 is 22.8 Å². The Bertz CT molecular complexity index is 1070. The topological polar surface area (TPSA) is 110 Å². The number of para-hydroxylation sites is 1. The van der Waals surface area contributed by atoms with Gasteiger partial charge in [-0.2, -0.15) is 0 Å². The molecule has 1 aromatic heterocycles. The molecule has 1 amide bonds. The Labute approximate surface area is 167 Å². The van der Waals surface area contributed by atoms with Crippen LogP contribution in [0.1, 0.15) is 5.56 Å². The number of hydrogen-bond acceptors (Lipinski definition) is 6. The Morgan fingerprint density at radius 2 is 1.97 bits per heavy atom. The minimum Gasteiger partial charge on any atom is -0.507 e. The van der Waals surface area contributed by atoms with Crippen molar-refractivity contribution in [2.24, 2.45) is 0 Å². The first-order valence-electron chi connectivity index (χ1n) is 9.40. The minimum absolute atomic E-state index is 0.0832. The number of carbonyl (C=O) groups is 1. The van der Waals surface area contributed by atoms with E-state index in [1.165, 1.54) is 4.90 Å². The van der Waals surface area contributed by atoms with Crippen LogP contribution in [0.15, 0.2) is 42.5 Å². The van der Waals surface area contributed by atoms with Gasteiger partial charge in [0.25, 0.3) is 0 Å². The van der Waals surface area contributed by atoms with Crippen LogP contribution in [0.25, 0.3) is 22.3 Å². The predicted octanol–water partition coefficient (Wildman–Crippen LogP) is 2.47. The van der Waals surface area contributed by atoms with E-state index in [1.54, 1.807) is 24.3 Å². The number of aliphatic hydroxyl groups excluding tert-OH is 1. The van der Waals surface area contributed by atoms with Crippen molar-refractivity contribution in [1.29, 1.82) is 0 Å². The summed E-state index contributed by atoms with van der Waals surface area (Å²) in [5.41, 5.74) is 2.28. The molecule has 1 aliphatic rings. The first-order valence-corrected chi connectivity index (χ1v) is 9.40. The summed E-state index contributed by atoms with van der Waals surface area (Å²) >= 11 is 0. The van der Waals surface area contributed by atoms with E-state index in [0.29, 0.717) is 30.3 Å². The van der Waals surface area contributed by atoms with Crippen molar-refractivity contribution in [3.8, 4) is 17.1 Å². The number of piperazine rings is 1. The zero-order valence-corrected chi connectivity index (χ0v) is 16.0. The average molecular weight is 394 g/mol. The standard InChI is InChI=1S/C21H22N4O4/c1-13-6-7-15-17(10-13)22-19(16-4-2-3-5-18(16)27)23-20(15)25-9-8-24(21(28)29)11-14(25)12-26/h2-7,10,14,26-27H,8-9,11-12H2,1H3,(H,28,29)/t14-/m0/s1. The third-order valence-corrected chi connectivity index (χ3v) is 5.21. The first-order chi connectivity index (χ1) is 14.0. The number of carboxylic acid groups (broad SMARTS) is 1. The van der Waals surface area contributed by atoms with Gasteiger partial charge in [-0.3, -0.25) is 0 Å². The third kappa shape index (κ3) is 3.54. The monoisotopic (exact) mass is 394 g/mol.